The molecule has 0 aliphatic carbocycles. The van der Waals surface area contributed by atoms with Crippen molar-refractivity contribution >= 4 is 0 Å². The van der Waals surface area contributed by atoms with Gasteiger partial charge in [-0.05, 0) is 50.2 Å². The Kier molecular flexibility index (Phi) is 7.87. The molecule has 0 spiro atoms. The number of unbranched alkanes of at least 4 members (excludes halogenated alkanes) is 1. The Labute approximate surface area is 109 Å². The van der Waals surface area contributed by atoms with Gasteiger partial charge in [0.15, 0.2) is 0 Å². The minimum atomic E-state index is -4.02. The third kappa shape index (κ3) is 12.2. The van der Waals surface area contributed by atoms with Crippen molar-refractivity contribution in [3.63, 3.8) is 0 Å². The molecule has 0 saturated carbocycles. The van der Waals surface area contributed by atoms with Crippen LogP contribution in [0.1, 0.15) is 46.5 Å². The van der Waals surface area contributed by atoms with E-state index in [1.54, 1.807) is 0 Å². The Bertz CT molecular complexity index is 209. The second-order valence-electron chi connectivity index (χ2n) is 6.14. The first kappa shape index (κ1) is 17.7. The Hall–Kier alpha value is -0.290. The average Bonchev–Trinajstić information content (AvgIpc) is 2.18. The molecule has 18 heavy (non-hydrogen) atoms. The van der Waals surface area contributed by atoms with Gasteiger partial charge in [-0.1, -0.05) is 20.8 Å². The summed E-state index contributed by atoms with van der Waals surface area (Å²) in [5.74, 6) is 0.396. The maximum Gasteiger partial charge on any atom is 0.389 e. The van der Waals surface area contributed by atoms with Crippen LogP contribution >= 0.6 is 0 Å². The second kappa shape index (κ2) is 8.00. The number of nitrogens with one attached hydrogen (secondary N) is 1. The van der Waals surface area contributed by atoms with Crippen LogP contribution in [0.3, 0.4) is 0 Å². The van der Waals surface area contributed by atoms with Gasteiger partial charge >= 0.3 is 6.18 Å². The van der Waals surface area contributed by atoms with Crippen LogP contribution in [-0.2, 0) is 0 Å². The molecule has 3 N–H and O–H groups in total. The molecule has 0 saturated heterocycles. The first-order valence-corrected chi connectivity index (χ1v) is 6.61. The molecule has 0 aromatic rings. The number of rotatable bonds is 8. The summed E-state index contributed by atoms with van der Waals surface area (Å²) in [4.78, 5) is 0. The van der Waals surface area contributed by atoms with Crippen LogP contribution < -0.4 is 11.1 Å². The lowest BCUT2D eigenvalue weighted by Crippen LogP contribution is -2.31. The van der Waals surface area contributed by atoms with Gasteiger partial charge in [-0.25, -0.2) is 0 Å². The molecule has 5 heteroatoms. The maximum absolute atomic E-state index is 11.9. The fourth-order valence-corrected chi connectivity index (χ4v) is 1.99. The van der Waals surface area contributed by atoms with Gasteiger partial charge < -0.3 is 11.1 Å². The SMILES string of the molecule is CC(C)(C)CC(CN)CNCCCCC(F)(F)F. The zero-order valence-electron chi connectivity index (χ0n) is 11.7. The fraction of sp³-hybridized carbons (Fsp3) is 1.00. The summed E-state index contributed by atoms with van der Waals surface area (Å²) in [6.07, 6.45) is -2.92. The molecule has 0 amide bonds. The van der Waals surface area contributed by atoms with Crippen LogP contribution in [0.15, 0.2) is 0 Å². The van der Waals surface area contributed by atoms with Gasteiger partial charge in [-0.2, -0.15) is 13.2 Å². The van der Waals surface area contributed by atoms with Crippen LogP contribution in [0.25, 0.3) is 0 Å². The molecule has 2 nitrogen and oxygen atoms in total. The van der Waals surface area contributed by atoms with Gasteiger partial charge in [0.25, 0.3) is 0 Å². The van der Waals surface area contributed by atoms with Crippen LogP contribution in [0, 0.1) is 11.3 Å². The second-order valence-corrected chi connectivity index (χ2v) is 6.14. The average molecular weight is 268 g/mol. The molecule has 0 bridgehead atoms. The molecule has 0 aliphatic rings. The van der Waals surface area contributed by atoms with Crippen molar-refractivity contribution < 1.29 is 13.2 Å². The van der Waals surface area contributed by atoms with Crippen molar-refractivity contribution in [2.24, 2.45) is 17.1 Å². The van der Waals surface area contributed by atoms with Crippen LogP contribution in [0.2, 0.25) is 0 Å². The summed E-state index contributed by atoms with van der Waals surface area (Å²) in [5, 5.41) is 3.20. The summed E-state index contributed by atoms with van der Waals surface area (Å²) < 4.78 is 35.7. The van der Waals surface area contributed by atoms with Crippen molar-refractivity contribution in [3.8, 4) is 0 Å². The number of hydrogen-bond donors (Lipinski definition) is 2. The van der Waals surface area contributed by atoms with E-state index >= 15 is 0 Å². The summed E-state index contributed by atoms with van der Waals surface area (Å²) in [7, 11) is 0. The highest BCUT2D eigenvalue weighted by Crippen LogP contribution is 2.24. The lowest BCUT2D eigenvalue weighted by molar-refractivity contribution is -0.135. The van der Waals surface area contributed by atoms with E-state index in [2.05, 4.69) is 26.1 Å². The van der Waals surface area contributed by atoms with E-state index in [0.717, 1.165) is 13.0 Å². The summed E-state index contributed by atoms with van der Waals surface area (Å²) >= 11 is 0. The molecule has 0 aliphatic heterocycles. The van der Waals surface area contributed by atoms with Crippen molar-refractivity contribution in [2.75, 3.05) is 19.6 Å². The predicted molar refractivity (Wildman–Crippen MR) is 69.4 cm³/mol. The molecule has 0 aromatic heterocycles. The van der Waals surface area contributed by atoms with Crippen molar-refractivity contribution in [3.05, 3.63) is 0 Å². The summed E-state index contributed by atoms with van der Waals surface area (Å²) in [5.41, 5.74) is 5.93. The Morgan fingerprint density at radius 2 is 1.72 bits per heavy atom. The van der Waals surface area contributed by atoms with E-state index in [1.807, 2.05) is 0 Å². The summed E-state index contributed by atoms with van der Waals surface area (Å²) in [6, 6.07) is 0. The van der Waals surface area contributed by atoms with E-state index in [-0.39, 0.29) is 11.8 Å². The minimum Gasteiger partial charge on any atom is -0.330 e. The van der Waals surface area contributed by atoms with Gasteiger partial charge in [-0.3, -0.25) is 0 Å². The monoisotopic (exact) mass is 268 g/mol. The molecular formula is C13H27F3N2. The van der Waals surface area contributed by atoms with E-state index in [4.69, 9.17) is 5.73 Å². The molecule has 1 atom stereocenters. The lowest BCUT2D eigenvalue weighted by atomic mass is 9.84. The number of nitrogens with two attached hydrogens (primary N) is 1. The van der Waals surface area contributed by atoms with Crippen molar-refractivity contribution in [1.29, 1.82) is 0 Å². The van der Waals surface area contributed by atoms with Gasteiger partial charge in [0, 0.05) is 6.42 Å². The third-order valence-electron chi connectivity index (χ3n) is 2.73. The number of halogens is 3. The van der Waals surface area contributed by atoms with Gasteiger partial charge in [-0.15, -0.1) is 0 Å². The van der Waals surface area contributed by atoms with Gasteiger partial charge in [0.1, 0.15) is 0 Å². The maximum atomic E-state index is 11.9. The zero-order valence-corrected chi connectivity index (χ0v) is 11.7. The van der Waals surface area contributed by atoms with Crippen LogP contribution in [0.5, 0.6) is 0 Å². The van der Waals surface area contributed by atoms with Gasteiger partial charge in [0.05, 0.1) is 0 Å². The number of hydrogen-bond acceptors (Lipinski definition) is 2. The quantitative estimate of drug-likeness (QED) is 0.663. The van der Waals surface area contributed by atoms with Gasteiger partial charge in [0.2, 0.25) is 0 Å². The standard InChI is InChI=1S/C13H27F3N2/c1-12(2,3)8-11(9-17)10-18-7-5-4-6-13(14,15)16/h11,18H,4-10,17H2,1-3H3. The third-order valence-corrected chi connectivity index (χ3v) is 2.73. The molecular weight excluding hydrogens is 241 g/mol. The molecule has 0 radical (unpaired) electrons. The predicted octanol–water partition coefficient (Wildman–Crippen LogP) is 3.32. The largest absolute Gasteiger partial charge is 0.389 e. The topological polar surface area (TPSA) is 38.0 Å². The Balaban J connectivity index is 3.57. The van der Waals surface area contributed by atoms with Crippen LogP contribution in [0.4, 0.5) is 13.2 Å². The highest BCUT2D eigenvalue weighted by Gasteiger charge is 2.25. The van der Waals surface area contributed by atoms with E-state index < -0.39 is 12.6 Å². The lowest BCUT2D eigenvalue weighted by Gasteiger charge is -2.25. The van der Waals surface area contributed by atoms with Crippen molar-refractivity contribution in [2.45, 2.75) is 52.6 Å². The highest BCUT2D eigenvalue weighted by molar-refractivity contribution is 4.71. The summed E-state index contributed by atoms with van der Waals surface area (Å²) in [6.45, 7) is 8.54. The normalized spacial score (nSPS) is 14.8. The molecule has 0 rings (SSSR count). The Morgan fingerprint density at radius 3 is 2.17 bits per heavy atom. The molecule has 0 aromatic carbocycles. The van der Waals surface area contributed by atoms with Crippen LogP contribution in [-0.4, -0.2) is 25.8 Å². The molecule has 0 heterocycles. The first-order chi connectivity index (χ1) is 8.14. The molecule has 1 unspecified atom stereocenters. The van der Waals surface area contributed by atoms with Crippen molar-refractivity contribution in [1.82, 2.24) is 5.32 Å². The molecule has 110 valence electrons. The highest BCUT2D eigenvalue weighted by atomic mass is 19.4. The van der Waals surface area contributed by atoms with E-state index in [1.165, 1.54) is 0 Å². The van der Waals surface area contributed by atoms with E-state index in [9.17, 15) is 13.2 Å². The fourth-order valence-electron chi connectivity index (χ4n) is 1.99. The molecule has 0 fully saturated rings. The van der Waals surface area contributed by atoms with E-state index in [0.29, 0.717) is 25.4 Å². The first-order valence-electron chi connectivity index (χ1n) is 6.61. The Morgan fingerprint density at radius 1 is 1.11 bits per heavy atom. The number of alkyl halides is 3. The smallest absolute Gasteiger partial charge is 0.330 e. The minimum absolute atomic E-state index is 0.197. The zero-order chi connectivity index (χ0) is 14.2.